The normalized spacial score (nSPS) is 17.1. The van der Waals surface area contributed by atoms with Gasteiger partial charge in [-0.3, -0.25) is 4.79 Å². The lowest BCUT2D eigenvalue weighted by Gasteiger charge is -2.28. The van der Waals surface area contributed by atoms with Crippen LogP contribution in [-0.4, -0.2) is 37.1 Å². The van der Waals surface area contributed by atoms with Crippen LogP contribution in [0, 0.1) is 0 Å². The molecule has 9 heteroatoms. The third-order valence-corrected chi connectivity index (χ3v) is 5.89. The number of alkyl halides is 3. The largest absolute Gasteiger partial charge is 0.451 e. The van der Waals surface area contributed by atoms with Crippen molar-refractivity contribution >= 4 is 16.8 Å². The summed E-state index contributed by atoms with van der Waals surface area (Å²) in [6.45, 7) is 0.242. The number of benzene rings is 1. The van der Waals surface area contributed by atoms with Crippen molar-refractivity contribution in [2.45, 2.75) is 51.4 Å². The van der Waals surface area contributed by atoms with Gasteiger partial charge in [-0.05, 0) is 49.4 Å². The lowest BCUT2D eigenvalue weighted by molar-refractivity contribution is -0.147. The zero-order valence-corrected chi connectivity index (χ0v) is 15.7. The zero-order chi connectivity index (χ0) is 20.2. The quantitative estimate of drug-likeness (QED) is 0.630. The van der Waals surface area contributed by atoms with Crippen molar-refractivity contribution in [3.05, 3.63) is 46.7 Å². The Hall–Kier alpha value is -2.84. The Kier molecular flexibility index (Phi) is 4.15. The van der Waals surface area contributed by atoms with E-state index < -0.39 is 12.0 Å². The number of carbonyl (C=O) groups is 1. The molecule has 2 aromatic heterocycles. The summed E-state index contributed by atoms with van der Waals surface area (Å²) in [7, 11) is 0. The molecule has 0 fully saturated rings. The van der Waals surface area contributed by atoms with Gasteiger partial charge in [0.2, 0.25) is 5.82 Å². The van der Waals surface area contributed by atoms with Crippen molar-refractivity contribution in [3.63, 3.8) is 0 Å². The van der Waals surface area contributed by atoms with Gasteiger partial charge in [0.1, 0.15) is 0 Å². The van der Waals surface area contributed by atoms with E-state index in [0.717, 1.165) is 34.7 Å². The van der Waals surface area contributed by atoms with E-state index in [9.17, 15) is 18.0 Å². The van der Waals surface area contributed by atoms with Gasteiger partial charge in [0.05, 0.1) is 6.54 Å². The van der Waals surface area contributed by atoms with Crippen LogP contribution in [0.25, 0.3) is 10.9 Å². The van der Waals surface area contributed by atoms with Gasteiger partial charge in [-0.1, -0.05) is 6.42 Å². The number of amides is 1. The minimum Gasteiger partial charge on any atom is -0.358 e. The lowest BCUT2D eigenvalue weighted by Crippen LogP contribution is -2.39. The first-order valence-corrected chi connectivity index (χ1v) is 9.84. The highest BCUT2D eigenvalue weighted by Crippen LogP contribution is 2.31. The number of aryl methyl sites for hydroxylation is 2. The molecule has 2 aliphatic rings. The number of hydrogen-bond donors (Lipinski definition) is 1. The van der Waals surface area contributed by atoms with E-state index in [0.29, 0.717) is 5.56 Å². The second-order valence-electron chi connectivity index (χ2n) is 7.72. The van der Waals surface area contributed by atoms with Gasteiger partial charge in [-0.15, -0.1) is 10.2 Å². The van der Waals surface area contributed by atoms with Gasteiger partial charge < -0.3 is 14.5 Å². The molecule has 0 unspecified atom stereocenters. The molecule has 0 radical (unpaired) electrons. The van der Waals surface area contributed by atoms with Crippen molar-refractivity contribution in [3.8, 4) is 0 Å². The Morgan fingerprint density at radius 1 is 1.07 bits per heavy atom. The maximum Gasteiger partial charge on any atom is 0.451 e. The molecular weight excluding hydrogens is 383 g/mol. The number of H-pyrrole nitrogens is 1. The molecule has 0 spiro atoms. The van der Waals surface area contributed by atoms with E-state index in [4.69, 9.17) is 0 Å². The van der Waals surface area contributed by atoms with Crippen molar-refractivity contribution < 1.29 is 18.0 Å². The SMILES string of the molecule is O=C(c1ccc2[nH]c3c(c2c1)CCCCC3)N1CCn2c(nnc2C(F)(F)F)C1. The number of rotatable bonds is 1. The zero-order valence-electron chi connectivity index (χ0n) is 15.7. The summed E-state index contributed by atoms with van der Waals surface area (Å²) >= 11 is 0. The second kappa shape index (κ2) is 6.60. The molecule has 29 heavy (non-hydrogen) atoms. The summed E-state index contributed by atoms with van der Waals surface area (Å²) in [6, 6.07) is 5.62. The monoisotopic (exact) mass is 403 g/mol. The summed E-state index contributed by atoms with van der Waals surface area (Å²) in [5.74, 6) is -1.04. The molecule has 0 saturated carbocycles. The van der Waals surface area contributed by atoms with Crippen LogP contribution >= 0.6 is 0 Å². The molecule has 3 aromatic rings. The molecule has 1 N–H and O–H groups in total. The second-order valence-corrected chi connectivity index (χ2v) is 7.72. The van der Waals surface area contributed by atoms with E-state index in [2.05, 4.69) is 15.2 Å². The van der Waals surface area contributed by atoms with Gasteiger partial charge in [-0.2, -0.15) is 13.2 Å². The van der Waals surface area contributed by atoms with Crippen molar-refractivity contribution in [1.29, 1.82) is 0 Å². The van der Waals surface area contributed by atoms with Crippen molar-refractivity contribution in [2.24, 2.45) is 0 Å². The maximum atomic E-state index is 13.1. The van der Waals surface area contributed by atoms with Crippen molar-refractivity contribution in [2.75, 3.05) is 6.54 Å². The van der Waals surface area contributed by atoms with E-state index >= 15 is 0 Å². The predicted molar refractivity (Wildman–Crippen MR) is 99.3 cm³/mol. The summed E-state index contributed by atoms with van der Waals surface area (Å²) in [4.78, 5) is 18.1. The molecule has 0 bridgehead atoms. The fourth-order valence-corrected chi connectivity index (χ4v) is 4.44. The molecule has 0 saturated heterocycles. The number of aromatic amines is 1. The Morgan fingerprint density at radius 3 is 2.72 bits per heavy atom. The average molecular weight is 403 g/mol. The van der Waals surface area contributed by atoms with E-state index in [-0.39, 0.29) is 31.4 Å². The van der Waals surface area contributed by atoms with Gasteiger partial charge >= 0.3 is 6.18 Å². The van der Waals surface area contributed by atoms with Gasteiger partial charge in [0, 0.05) is 35.2 Å². The van der Waals surface area contributed by atoms with Crippen LogP contribution in [0.1, 0.15) is 52.5 Å². The van der Waals surface area contributed by atoms with Gasteiger partial charge in [0.25, 0.3) is 5.91 Å². The van der Waals surface area contributed by atoms with Gasteiger partial charge in [0.15, 0.2) is 5.82 Å². The van der Waals surface area contributed by atoms with Crippen LogP contribution in [0.2, 0.25) is 0 Å². The van der Waals surface area contributed by atoms with Crippen LogP contribution in [0.3, 0.4) is 0 Å². The van der Waals surface area contributed by atoms with Crippen LogP contribution in [0.4, 0.5) is 13.2 Å². The fraction of sp³-hybridized carbons (Fsp3) is 0.450. The predicted octanol–water partition coefficient (Wildman–Crippen LogP) is 3.70. The minimum atomic E-state index is -4.55. The molecule has 152 valence electrons. The Morgan fingerprint density at radius 2 is 1.90 bits per heavy atom. The van der Waals surface area contributed by atoms with E-state index in [1.165, 1.54) is 29.0 Å². The minimum absolute atomic E-state index is 0.0190. The number of halogens is 3. The number of nitrogens with one attached hydrogen (secondary N) is 1. The van der Waals surface area contributed by atoms with Crippen LogP contribution in [0.15, 0.2) is 18.2 Å². The topological polar surface area (TPSA) is 66.8 Å². The lowest BCUT2D eigenvalue weighted by atomic mass is 10.0. The first-order chi connectivity index (χ1) is 13.9. The Balaban J connectivity index is 1.43. The van der Waals surface area contributed by atoms with Gasteiger partial charge in [-0.25, -0.2) is 0 Å². The highest BCUT2D eigenvalue weighted by molar-refractivity contribution is 5.99. The van der Waals surface area contributed by atoms with Crippen LogP contribution in [-0.2, 0) is 32.1 Å². The highest BCUT2D eigenvalue weighted by atomic mass is 19.4. The number of nitrogens with zero attached hydrogens (tertiary/aromatic N) is 4. The summed E-state index contributed by atoms with van der Waals surface area (Å²) in [6.07, 6.45) is 0.990. The molecule has 6 nitrogen and oxygen atoms in total. The molecule has 5 rings (SSSR count). The molecule has 1 aromatic carbocycles. The average Bonchev–Trinajstić information content (AvgIpc) is 3.20. The van der Waals surface area contributed by atoms with E-state index in [1.54, 1.807) is 6.07 Å². The van der Waals surface area contributed by atoms with Crippen LogP contribution in [0.5, 0.6) is 0 Å². The van der Waals surface area contributed by atoms with E-state index in [1.807, 2.05) is 12.1 Å². The summed E-state index contributed by atoms with van der Waals surface area (Å²) in [5, 5.41) is 8.00. The first kappa shape index (κ1) is 18.2. The number of hydrogen-bond acceptors (Lipinski definition) is 3. The molecule has 0 atom stereocenters. The molecule has 1 amide bonds. The molecular formula is C20H20F3N5O. The summed E-state index contributed by atoms with van der Waals surface area (Å²) in [5.41, 5.74) is 4.13. The summed E-state index contributed by atoms with van der Waals surface area (Å²) < 4.78 is 40.1. The molecule has 1 aliphatic carbocycles. The number of carbonyl (C=O) groups excluding carboxylic acids is 1. The fourth-order valence-electron chi connectivity index (χ4n) is 4.44. The molecule has 1 aliphatic heterocycles. The number of aromatic nitrogens is 4. The third-order valence-electron chi connectivity index (χ3n) is 5.89. The maximum absolute atomic E-state index is 13.1. The molecule has 3 heterocycles. The van der Waals surface area contributed by atoms with Crippen molar-refractivity contribution in [1.82, 2.24) is 24.6 Å². The smallest absolute Gasteiger partial charge is 0.358 e. The standard InChI is InChI=1S/C20H20F3N5O/c21-20(22,23)19-26-25-17-11-27(8-9-28(17)19)18(29)12-6-7-16-14(10-12)13-4-2-1-3-5-15(13)24-16/h6-7,10,24H,1-5,8-9,11H2. The Bertz CT molecular complexity index is 1100. The Labute approximate surface area is 164 Å². The number of fused-ring (bicyclic) bond motifs is 4. The van der Waals surface area contributed by atoms with Crippen LogP contribution < -0.4 is 0 Å². The third kappa shape index (κ3) is 3.08. The first-order valence-electron chi connectivity index (χ1n) is 9.84. The highest BCUT2D eigenvalue weighted by Gasteiger charge is 2.40.